The first-order chi connectivity index (χ1) is 12.3. The summed E-state index contributed by atoms with van der Waals surface area (Å²) in [7, 11) is 0. The average Bonchev–Trinajstić information content (AvgIpc) is 3.06. The molecule has 26 heavy (non-hydrogen) atoms. The molecule has 1 saturated heterocycles. The predicted molar refractivity (Wildman–Crippen MR) is 85.9 cm³/mol. The van der Waals surface area contributed by atoms with E-state index in [9.17, 15) is 27.2 Å². The fourth-order valence-corrected chi connectivity index (χ4v) is 3.00. The second-order valence-electron chi connectivity index (χ2n) is 6.19. The van der Waals surface area contributed by atoms with Gasteiger partial charge in [-0.1, -0.05) is 25.8 Å². The number of alkyl halides is 3. The molecular formula is C18H21F4NO3. The first kappa shape index (κ1) is 20.2. The van der Waals surface area contributed by atoms with Crippen LogP contribution in [0, 0.1) is 5.82 Å². The number of likely N-dealkylation sites (tertiary alicyclic amines) is 1. The number of carbonyl (C=O) groups is 2. The molecule has 1 fully saturated rings. The van der Waals surface area contributed by atoms with Gasteiger partial charge in [-0.2, -0.15) is 13.2 Å². The van der Waals surface area contributed by atoms with Crippen LogP contribution in [0.2, 0.25) is 0 Å². The third kappa shape index (κ3) is 4.53. The Bertz CT molecular complexity index is 660. The molecule has 8 heteroatoms. The van der Waals surface area contributed by atoms with Crippen molar-refractivity contribution in [3.63, 3.8) is 0 Å². The Hall–Kier alpha value is -2.12. The lowest BCUT2D eigenvalue weighted by atomic mass is 10.0. The first-order valence-electron chi connectivity index (χ1n) is 8.60. The molecule has 1 unspecified atom stereocenters. The summed E-state index contributed by atoms with van der Waals surface area (Å²) in [6.45, 7) is 2.27. The SMILES string of the molecule is CCCCCOC(=O)C1CCCN1C(=O)c1c(F)cccc1C(F)(F)F. The van der Waals surface area contributed by atoms with Gasteiger partial charge < -0.3 is 9.64 Å². The molecule has 2 rings (SSSR count). The highest BCUT2D eigenvalue weighted by Crippen LogP contribution is 2.34. The largest absolute Gasteiger partial charge is 0.464 e. The first-order valence-corrected chi connectivity index (χ1v) is 8.60. The van der Waals surface area contributed by atoms with Crippen LogP contribution in [0.15, 0.2) is 18.2 Å². The van der Waals surface area contributed by atoms with Crippen LogP contribution in [-0.4, -0.2) is 36.0 Å². The summed E-state index contributed by atoms with van der Waals surface area (Å²) in [4.78, 5) is 25.8. The molecule has 0 aliphatic carbocycles. The minimum atomic E-state index is -4.87. The summed E-state index contributed by atoms with van der Waals surface area (Å²) >= 11 is 0. The summed E-state index contributed by atoms with van der Waals surface area (Å²) in [6, 6.07) is 1.38. The van der Waals surface area contributed by atoms with Crippen molar-refractivity contribution < 1.29 is 31.9 Å². The standard InChI is InChI=1S/C18H21F4NO3/c1-2-3-4-11-26-17(25)14-9-6-10-23(14)16(24)15-12(18(20,21)22)7-5-8-13(15)19/h5,7-8,14H,2-4,6,9-11H2,1H3. The zero-order valence-corrected chi connectivity index (χ0v) is 14.4. The molecule has 4 nitrogen and oxygen atoms in total. The fourth-order valence-electron chi connectivity index (χ4n) is 3.00. The lowest BCUT2D eigenvalue weighted by molar-refractivity contribution is -0.148. The Morgan fingerprint density at radius 3 is 2.65 bits per heavy atom. The van der Waals surface area contributed by atoms with Gasteiger partial charge in [0.1, 0.15) is 11.9 Å². The highest BCUT2D eigenvalue weighted by Gasteiger charge is 2.42. The topological polar surface area (TPSA) is 46.6 Å². The summed E-state index contributed by atoms with van der Waals surface area (Å²) < 4.78 is 58.6. The van der Waals surface area contributed by atoms with Gasteiger partial charge in [0.05, 0.1) is 17.7 Å². The molecule has 0 saturated carbocycles. The molecule has 1 aromatic carbocycles. The van der Waals surface area contributed by atoms with Gasteiger partial charge in [-0.05, 0) is 31.4 Å². The Morgan fingerprint density at radius 2 is 2.00 bits per heavy atom. The van der Waals surface area contributed by atoms with E-state index in [4.69, 9.17) is 4.74 Å². The maximum Gasteiger partial charge on any atom is 0.417 e. The summed E-state index contributed by atoms with van der Waals surface area (Å²) in [5.74, 6) is -3.05. The van der Waals surface area contributed by atoms with Crippen LogP contribution >= 0.6 is 0 Å². The smallest absolute Gasteiger partial charge is 0.417 e. The van der Waals surface area contributed by atoms with Crippen LogP contribution in [0.5, 0.6) is 0 Å². The average molecular weight is 375 g/mol. The highest BCUT2D eigenvalue weighted by molar-refractivity contribution is 5.98. The van der Waals surface area contributed by atoms with Crippen LogP contribution in [0.4, 0.5) is 17.6 Å². The lowest BCUT2D eigenvalue weighted by Gasteiger charge is -2.25. The maximum atomic E-state index is 14.0. The van der Waals surface area contributed by atoms with Gasteiger partial charge in [0.15, 0.2) is 0 Å². The zero-order valence-electron chi connectivity index (χ0n) is 14.4. The van der Waals surface area contributed by atoms with E-state index < -0.39 is 41.0 Å². The van der Waals surface area contributed by atoms with Crippen LogP contribution in [0.3, 0.4) is 0 Å². The van der Waals surface area contributed by atoms with Gasteiger partial charge >= 0.3 is 12.1 Å². The molecule has 0 radical (unpaired) electrons. The number of halogens is 4. The van der Waals surface area contributed by atoms with Crippen LogP contribution in [0.1, 0.15) is 54.9 Å². The van der Waals surface area contributed by atoms with Gasteiger partial charge in [-0.25, -0.2) is 9.18 Å². The number of esters is 1. The molecule has 1 atom stereocenters. The van der Waals surface area contributed by atoms with E-state index in [0.717, 1.165) is 29.9 Å². The van der Waals surface area contributed by atoms with Crippen molar-refractivity contribution in [2.45, 2.75) is 51.2 Å². The van der Waals surface area contributed by atoms with Crippen molar-refractivity contribution in [1.29, 1.82) is 0 Å². The van der Waals surface area contributed by atoms with Gasteiger partial charge in [-0.3, -0.25) is 4.79 Å². The van der Waals surface area contributed by atoms with E-state index >= 15 is 0 Å². The number of benzene rings is 1. The second-order valence-corrected chi connectivity index (χ2v) is 6.19. The number of hydrogen-bond acceptors (Lipinski definition) is 3. The molecule has 144 valence electrons. The molecule has 0 N–H and O–H groups in total. The molecule has 1 heterocycles. The van der Waals surface area contributed by atoms with E-state index in [1.165, 1.54) is 0 Å². The van der Waals surface area contributed by atoms with Crippen molar-refractivity contribution in [2.24, 2.45) is 0 Å². The molecular weight excluding hydrogens is 354 g/mol. The number of rotatable bonds is 6. The predicted octanol–water partition coefficient (Wildman–Crippen LogP) is 4.18. The maximum absolute atomic E-state index is 14.0. The normalized spacial score (nSPS) is 17.4. The molecule has 1 amide bonds. The molecule has 0 spiro atoms. The van der Waals surface area contributed by atoms with E-state index in [2.05, 4.69) is 0 Å². The van der Waals surface area contributed by atoms with Crippen molar-refractivity contribution >= 4 is 11.9 Å². The van der Waals surface area contributed by atoms with Crippen molar-refractivity contribution in [1.82, 2.24) is 4.90 Å². The monoisotopic (exact) mass is 375 g/mol. The van der Waals surface area contributed by atoms with Gasteiger partial charge in [-0.15, -0.1) is 0 Å². The molecule has 1 aliphatic heterocycles. The third-order valence-electron chi connectivity index (χ3n) is 4.31. The Kier molecular flexibility index (Phi) is 6.61. The third-order valence-corrected chi connectivity index (χ3v) is 4.31. The number of ether oxygens (including phenoxy) is 1. The quantitative estimate of drug-likeness (QED) is 0.426. The molecule has 0 aromatic heterocycles. The van der Waals surface area contributed by atoms with Crippen molar-refractivity contribution in [3.05, 3.63) is 35.1 Å². The number of unbranched alkanes of at least 4 members (excludes halogenated alkanes) is 2. The Morgan fingerprint density at radius 1 is 1.27 bits per heavy atom. The van der Waals surface area contributed by atoms with Gasteiger partial charge in [0.25, 0.3) is 5.91 Å². The zero-order chi connectivity index (χ0) is 19.3. The van der Waals surface area contributed by atoms with Crippen LogP contribution in [0.25, 0.3) is 0 Å². The van der Waals surface area contributed by atoms with E-state index in [0.29, 0.717) is 18.9 Å². The van der Waals surface area contributed by atoms with Crippen LogP contribution < -0.4 is 0 Å². The van der Waals surface area contributed by atoms with Crippen molar-refractivity contribution in [2.75, 3.05) is 13.2 Å². The number of amides is 1. The summed E-state index contributed by atoms with van der Waals surface area (Å²) in [5, 5.41) is 0. The fraction of sp³-hybridized carbons (Fsp3) is 0.556. The Balaban J connectivity index is 2.20. The summed E-state index contributed by atoms with van der Waals surface area (Å²) in [5.41, 5.74) is -2.39. The highest BCUT2D eigenvalue weighted by atomic mass is 19.4. The van der Waals surface area contributed by atoms with Crippen molar-refractivity contribution in [3.8, 4) is 0 Å². The molecule has 1 aromatic rings. The minimum Gasteiger partial charge on any atom is -0.464 e. The number of hydrogen-bond donors (Lipinski definition) is 0. The Labute approximate surface area is 149 Å². The summed E-state index contributed by atoms with van der Waals surface area (Å²) in [6.07, 6.45) is -1.65. The van der Waals surface area contributed by atoms with E-state index in [-0.39, 0.29) is 19.6 Å². The lowest BCUT2D eigenvalue weighted by Crippen LogP contribution is -2.42. The number of nitrogens with zero attached hydrogens (tertiary/aromatic N) is 1. The van der Waals surface area contributed by atoms with Crippen LogP contribution in [-0.2, 0) is 15.7 Å². The van der Waals surface area contributed by atoms with E-state index in [1.54, 1.807) is 0 Å². The minimum absolute atomic E-state index is 0.0825. The van der Waals surface area contributed by atoms with Gasteiger partial charge in [0.2, 0.25) is 0 Å². The molecule has 1 aliphatic rings. The van der Waals surface area contributed by atoms with Gasteiger partial charge in [0, 0.05) is 6.54 Å². The number of carbonyl (C=O) groups excluding carboxylic acids is 2. The molecule has 0 bridgehead atoms. The van der Waals surface area contributed by atoms with E-state index in [1.807, 2.05) is 6.92 Å². The second kappa shape index (κ2) is 8.51.